The first-order valence-corrected chi connectivity index (χ1v) is 5.98. The van der Waals surface area contributed by atoms with Crippen LogP contribution in [-0.4, -0.2) is 41.8 Å². The van der Waals surface area contributed by atoms with Crippen molar-refractivity contribution in [3.8, 4) is 0 Å². The van der Waals surface area contributed by atoms with Gasteiger partial charge in [0.2, 0.25) is 5.91 Å². The molecule has 0 aliphatic carbocycles. The first-order chi connectivity index (χ1) is 7.06. The Morgan fingerprint density at radius 3 is 3.00 bits per heavy atom. The highest BCUT2D eigenvalue weighted by Crippen LogP contribution is 2.18. The molecule has 0 saturated carbocycles. The smallest absolute Gasteiger partial charge is 0.321 e. The quantitative estimate of drug-likeness (QED) is 0.575. The highest BCUT2D eigenvalue weighted by atomic mass is 79.9. The van der Waals surface area contributed by atoms with Crippen LogP contribution in [0.2, 0.25) is 0 Å². The van der Waals surface area contributed by atoms with Gasteiger partial charge in [-0.25, -0.2) is 0 Å². The maximum Gasteiger partial charge on any atom is 0.321 e. The zero-order chi connectivity index (χ0) is 11.4. The number of methoxy groups -OCH3 is 1. The monoisotopic (exact) mass is 277 g/mol. The van der Waals surface area contributed by atoms with Crippen molar-refractivity contribution in [3.05, 3.63) is 0 Å². The molecule has 1 amide bonds. The van der Waals surface area contributed by atoms with Gasteiger partial charge in [0.15, 0.2) is 0 Å². The van der Waals surface area contributed by atoms with E-state index in [0.717, 1.165) is 19.4 Å². The summed E-state index contributed by atoms with van der Waals surface area (Å²) >= 11 is 3.22. The summed E-state index contributed by atoms with van der Waals surface area (Å²) in [6, 6.07) is 0. The Hall–Kier alpha value is -0.580. The van der Waals surface area contributed by atoms with E-state index in [9.17, 15) is 9.59 Å². The molecule has 0 aromatic rings. The Kier molecular flexibility index (Phi) is 4.57. The van der Waals surface area contributed by atoms with E-state index in [1.165, 1.54) is 7.11 Å². The van der Waals surface area contributed by atoms with Crippen LogP contribution >= 0.6 is 15.9 Å². The van der Waals surface area contributed by atoms with Crippen LogP contribution in [0, 0.1) is 5.92 Å². The first kappa shape index (κ1) is 12.5. The second-order valence-corrected chi connectivity index (χ2v) is 4.92. The Morgan fingerprint density at radius 2 is 2.40 bits per heavy atom. The fourth-order valence-electron chi connectivity index (χ4n) is 1.71. The van der Waals surface area contributed by atoms with Crippen LogP contribution in [0.15, 0.2) is 0 Å². The van der Waals surface area contributed by atoms with E-state index in [2.05, 4.69) is 20.7 Å². The topological polar surface area (TPSA) is 46.6 Å². The van der Waals surface area contributed by atoms with Crippen molar-refractivity contribution < 1.29 is 14.3 Å². The average Bonchev–Trinajstić information content (AvgIpc) is 2.23. The third kappa shape index (κ3) is 3.19. The van der Waals surface area contributed by atoms with E-state index >= 15 is 0 Å². The molecule has 1 fully saturated rings. The summed E-state index contributed by atoms with van der Waals surface area (Å²) in [5.41, 5.74) is 0. The molecule has 0 bridgehead atoms. The highest BCUT2D eigenvalue weighted by molar-refractivity contribution is 9.10. The molecule has 86 valence electrons. The molecule has 4 nitrogen and oxygen atoms in total. The number of rotatable bonds is 3. The molecule has 5 heteroatoms. The van der Waals surface area contributed by atoms with Crippen molar-refractivity contribution in [1.29, 1.82) is 0 Å². The van der Waals surface area contributed by atoms with Crippen LogP contribution in [-0.2, 0) is 14.3 Å². The minimum absolute atomic E-state index is 0.0797. The molecule has 1 rings (SSSR count). The van der Waals surface area contributed by atoms with Crippen LogP contribution in [0.3, 0.4) is 0 Å². The SMILES string of the molecule is COC(=O)C(Br)CN1CCCC(C)C1=O. The Balaban J connectivity index is 2.50. The average molecular weight is 278 g/mol. The molecule has 0 spiro atoms. The van der Waals surface area contributed by atoms with Crippen LogP contribution in [0.1, 0.15) is 19.8 Å². The van der Waals surface area contributed by atoms with Gasteiger partial charge in [-0.05, 0) is 12.8 Å². The highest BCUT2D eigenvalue weighted by Gasteiger charge is 2.28. The third-order valence-electron chi connectivity index (χ3n) is 2.64. The number of carbonyl (C=O) groups is 2. The second-order valence-electron chi connectivity index (χ2n) is 3.82. The van der Waals surface area contributed by atoms with Gasteiger partial charge in [0, 0.05) is 19.0 Å². The van der Waals surface area contributed by atoms with Crippen LogP contribution < -0.4 is 0 Å². The number of esters is 1. The summed E-state index contributed by atoms with van der Waals surface area (Å²) in [5.74, 6) is -0.119. The molecule has 1 saturated heterocycles. The molecule has 0 aromatic heterocycles. The van der Waals surface area contributed by atoms with Gasteiger partial charge in [-0.1, -0.05) is 22.9 Å². The minimum atomic E-state index is -0.420. The van der Waals surface area contributed by atoms with E-state index in [1.807, 2.05) is 6.92 Å². The van der Waals surface area contributed by atoms with E-state index < -0.39 is 4.83 Å². The number of halogens is 1. The van der Waals surface area contributed by atoms with Gasteiger partial charge < -0.3 is 9.64 Å². The molecule has 1 aliphatic rings. The van der Waals surface area contributed by atoms with Gasteiger partial charge in [-0.3, -0.25) is 9.59 Å². The third-order valence-corrected chi connectivity index (χ3v) is 3.30. The normalized spacial score (nSPS) is 23.8. The molecule has 2 unspecified atom stereocenters. The van der Waals surface area contributed by atoms with Crippen molar-refractivity contribution >= 4 is 27.8 Å². The number of alkyl halides is 1. The number of piperidine rings is 1. The van der Waals surface area contributed by atoms with Gasteiger partial charge in [0.05, 0.1) is 7.11 Å². The lowest BCUT2D eigenvalue weighted by Crippen LogP contribution is -2.44. The summed E-state index contributed by atoms with van der Waals surface area (Å²) in [6.07, 6.45) is 1.95. The number of hydrogen-bond donors (Lipinski definition) is 0. The fourth-order valence-corrected chi connectivity index (χ4v) is 2.25. The van der Waals surface area contributed by atoms with Crippen molar-refractivity contribution in [2.45, 2.75) is 24.6 Å². The lowest BCUT2D eigenvalue weighted by molar-refractivity contribution is -0.142. The maximum absolute atomic E-state index is 11.7. The van der Waals surface area contributed by atoms with E-state index in [1.54, 1.807) is 4.90 Å². The minimum Gasteiger partial charge on any atom is -0.468 e. The fraction of sp³-hybridized carbons (Fsp3) is 0.800. The Morgan fingerprint density at radius 1 is 1.73 bits per heavy atom. The maximum atomic E-state index is 11.7. The molecule has 1 heterocycles. The van der Waals surface area contributed by atoms with Crippen molar-refractivity contribution in [3.63, 3.8) is 0 Å². The van der Waals surface area contributed by atoms with Crippen molar-refractivity contribution in [1.82, 2.24) is 4.90 Å². The summed E-state index contributed by atoms with van der Waals surface area (Å²) in [5, 5.41) is 0. The van der Waals surface area contributed by atoms with Crippen LogP contribution in [0.25, 0.3) is 0 Å². The largest absolute Gasteiger partial charge is 0.468 e. The van der Waals surface area contributed by atoms with Crippen molar-refractivity contribution in [2.75, 3.05) is 20.2 Å². The van der Waals surface area contributed by atoms with Gasteiger partial charge in [0.25, 0.3) is 0 Å². The van der Waals surface area contributed by atoms with E-state index in [0.29, 0.717) is 6.54 Å². The molecule has 1 aliphatic heterocycles. The second kappa shape index (κ2) is 5.49. The zero-order valence-corrected chi connectivity index (χ0v) is 10.6. The Labute approximate surface area is 98.1 Å². The van der Waals surface area contributed by atoms with Crippen molar-refractivity contribution in [2.24, 2.45) is 5.92 Å². The summed E-state index contributed by atoms with van der Waals surface area (Å²) in [4.78, 5) is 24.2. The molecule has 0 aromatic carbocycles. The van der Waals surface area contributed by atoms with Gasteiger partial charge in [0.1, 0.15) is 4.83 Å². The molecule has 0 N–H and O–H groups in total. The number of nitrogens with zero attached hydrogens (tertiary/aromatic N) is 1. The standard InChI is InChI=1S/C10H16BrNO3/c1-7-4-3-5-12(9(7)13)6-8(11)10(14)15-2/h7-8H,3-6H2,1-2H3. The predicted molar refractivity (Wildman–Crippen MR) is 59.7 cm³/mol. The molecular weight excluding hydrogens is 262 g/mol. The number of carbonyl (C=O) groups excluding carboxylic acids is 2. The van der Waals surface area contributed by atoms with E-state index in [-0.39, 0.29) is 17.8 Å². The number of hydrogen-bond acceptors (Lipinski definition) is 3. The summed E-state index contributed by atoms with van der Waals surface area (Å²) in [6.45, 7) is 3.06. The zero-order valence-electron chi connectivity index (χ0n) is 9.03. The number of ether oxygens (including phenoxy) is 1. The van der Waals surface area contributed by atoms with Crippen LogP contribution in [0.5, 0.6) is 0 Å². The summed E-state index contributed by atoms with van der Waals surface area (Å²) < 4.78 is 4.59. The lowest BCUT2D eigenvalue weighted by Gasteiger charge is -2.31. The Bertz CT molecular complexity index is 257. The lowest BCUT2D eigenvalue weighted by atomic mass is 9.99. The molecule has 0 radical (unpaired) electrons. The first-order valence-electron chi connectivity index (χ1n) is 5.07. The summed E-state index contributed by atoms with van der Waals surface area (Å²) in [7, 11) is 1.34. The molecule has 2 atom stereocenters. The molecular formula is C10H16BrNO3. The number of likely N-dealkylation sites (tertiary alicyclic amines) is 1. The van der Waals surface area contributed by atoms with Gasteiger partial charge in [-0.2, -0.15) is 0 Å². The van der Waals surface area contributed by atoms with Gasteiger partial charge in [-0.15, -0.1) is 0 Å². The van der Waals surface area contributed by atoms with Gasteiger partial charge >= 0.3 is 5.97 Å². The predicted octanol–water partition coefficient (Wildman–Crippen LogP) is 1.18. The molecule has 15 heavy (non-hydrogen) atoms. The van der Waals surface area contributed by atoms with E-state index in [4.69, 9.17) is 0 Å². The number of amides is 1. The van der Waals surface area contributed by atoms with Crippen LogP contribution in [0.4, 0.5) is 0 Å².